The molecule has 0 radical (unpaired) electrons. The Kier molecular flexibility index (Phi) is 3.82. The number of hydrogen-bond donors (Lipinski definition) is 3. The van der Waals surface area contributed by atoms with Crippen molar-refractivity contribution in [3.63, 3.8) is 0 Å². The summed E-state index contributed by atoms with van der Waals surface area (Å²) in [5.41, 5.74) is 7.58. The van der Waals surface area contributed by atoms with E-state index in [1.807, 2.05) is 0 Å². The zero-order chi connectivity index (χ0) is 14.0. The summed E-state index contributed by atoms with van der Waals surface area (Å²) in [5, 5.41) is 23.3. The lowest BCUT2D eigenvalue weighted by Gasteiger charge is -2.04. The number of aromatic nitrogens is 2. The number of aryl methyl sites for hydroxylation is 2. The lowest BCUT2D eigenvalue weighted by Crippen LogP contribution is -2.06. The number of nitrogens with zero attached hydrogens (tertiary/aromatic N) is 2. The molecule has 4 N–H and O–H groups in total. The zero-order valence-corrected chi connectivity index (χ0v) is 10.9. The third-order valence-corrected chi connectivity index (χ3v) is 2.92. The number of benzene rings is 1. The van der Waals surface area contributed by atoms with Crippen molar-refractivity contribution in [1.29, 1.82) is 0 Å². The Morgan fingerprint density at radius 3 is 2.53 bits per heavy atom. The van der Waals surface area contributed by atoms with Crippen LogP contribution in [0.3, 0.4) is 0 Å². The van der Waals surface area contributed by atoms with Crippen LogP contribution in [-0.2, 0) is 0 Å². The molecule has 0 saturated carbocycles. The van der Waals surface area contributed by atoms with Crippen molar-refractivity contribution in [1.82, 2.24) is 10.1 Å². The lowest BCUT2D eigenvalue weighted by atomic mass is 10.1. The smallest absolute Gasteiger partial charge is 0.255 e. The number of phenolic OH excluding ortho intramolecular Hbond substituents is 1. The van der Waals surface area contributed by atoms with Gasteiger partial charge in [-0.3, -0.25) is 0 Å². The number of rotatable bonds is 4. The van der Waals surface area contributed by atoms with Crippen LogP contribution >= 0.6 is 0 Å². The highest BCUT2D eigenvalue weighted by Crippen LogP contribution is 2.28. The van der Waals surface area contributed by atoms with Crippen LogP contribution in [-0.4, -0.2) is 26.9 Å². The van der Waals surface area contributed by atoms with E-state index in [1.165, 1.54) is 0 Å². The van der Waals surface area contributed by atoms with Crippen LogP contribution in [0.2, 0.25) is 0 Å². The van der Waals surface area contributed by atoms with Gasteiger partial charge in [0.2, 0.25) is 5.82 Å². The molecule has 1 atom stereocenters. The average molecular weight is 263 g/mol. The minimum atomic E-state index is -0.842. The summed E-state index contributed by atoms with van der Waals surface area (Å²) < 4.78 is 5.01. The van der Waals surface area contributed by atoms with E-state index in [-0.39, 0.29) is 11.6 Å². The van der Waals surface area contributed by atoms with E-state index < -0.39 is 6.10 Å². The fourth-order valence-electron chi connectivity index (χ4n) is 1.85. The van der Waals surface area contributed by atoms with Gasteiger partial charge in [-0.1, -0.05) is 5.16 Å². The molecule has 6 nitrogen and oxygen atoms in total. The molecule has 102 valence electrons. The summed E-state index contributed by atoms with van der Waals surface area (Å²) in [6, 6.07) is 3.54. The fourth-order valence-corrected chi connectivity index (χ4v) is 1.85. The predicted octanol–water partition coefficient (Wildman–Crippen LogP) is 1.44. The quantitative estimate of drug-likeness (QED) is 0.770. The molecule has 1 aromatic heterocycles. The first-order chi connectivity index (χ1) is 9.02. The summed E-state index contributed by atoms with van der Waals surface area (Å²) >= 11 is 0. The van der Waals surface area contributed by atoms with Crippen molar-refractivity contribution in [2.75, 3.05) is 6.54 Å². The largest absolute Gasteiger partial charge is 0.507 e. The van der Waals surface area contributed by atoms with Gasteiger partial charge in [0.1, 0.15) is 11.9 Å². The molecule has 19 heavy (non-hydrogen) atoms. The summed E-state index contributed by atoms with van der Waals surface area (Å²) in [6.07, 6.45) is -0.472. The van der Waals surface area contributed by atoms with E-state index in [9.17, 15) is 10.2 Å². The second kappa shape index (κ2) is 5.38. The first-order valence-corrected chi connectivity index (χ1v) is 6.05. The van der Waals surface area contributed by atoms with Crippen molar-refractivity contribution in [3.8, 4) is 17.1 Å². The molecule has 0 spiro atoms. The minimum absolute atomic E-state index is 0.156. The predicted molar refractivity (Wildman–Crippen MR) is 69.5 cm³/mol. The Morgan fingerprint density at radius 2 is 1.95 bits per heavy atom. The van der Waals surface area contributed by atoms with Gasteiger partial charge in [0.05, 0.1) is 0 Å². The first kappa shape index (κ1) is 13.5. The van der Waals surface area contributed by atoms with Crippen molar-refractivity contribution in [2.24, 2.45) is 5.73 Å². The maximum atomic E-state index is 9.72. The molecular formula is C13H17N3O3. The van der Waals surface area contributed by atoms with Crippen LogP contribution in [0.15, 0.2) is 16.7 Å². The lowest BCUT2D eigenvalue weighted by molar-refractivity contribution is 0.127. The van der Waals surface area contributed by atoms with Gasteiger partial charge in [-0.2, -0.15) is 4.98 Å². The SMILES string of the molecule is Cc1cc(-c2noc([C@@H](O)CCN)n2)cc(C)c1O. The second-order valence-electron chi connectivity index (χ2n) is 4.51. The summed E-state index contributed by atoms with van der Waals surface area (Å²) in [7, 11) is 0. The zero-order valence-electron chi connectivity index (χ0n) is 10.9. The highest BCUT2D eigenvalue weighted by molar-refractivity contribution is 5.60. The monoisotopic (exact) mass is 263 g/mol. The third-order valence-electron chi connectivity index (χ3n) is 2.92. The molecule has 0 saturated heterocycles. The number of aliphatic hydroxyl groups is 1. The van der Waals surface area contributed by atoms with E-state index in [1.54, 1.807) is 26.0 Å². The Bertz CT molecular complexity index is 557. The molecule has 0 fully saturated rings. The van der Waals surface area contributed by atoms with Gasteiger partial charge in [-0.25, -0.2) is 0 Å². The Hall–Kier alpha value is -1.92. The summed E-state index contributed by atoms with van der Waals surface area (Å²) in [4.78, 5) is 4.15. The molecule has 0 aliphatic carbocycles. The molecule has 0 bridgehead atoms. The van der Waals surface area contributed by atoms with Gasteiger partial charge in [-0.05, 0) is 50.1 Å². The van der Waals surface area contributed by atoms with Gasteiger partial charge in [0, 0.05) is 5.56 Å². The van der Waals surface area contributed by atoms with Gasteiger partial charge < -0.3 is 20.5 Å². The molecule has 1 heterocycles. The highest BCUT2D eigenvalue weighted by atomic mass is 16.5. The van der Waals surface area contributed by atoms with E-state index in [2.05, 4.69) is 10.1 Å². The van der Waals surface area contributed by atoms with Gasteiger partial charge in [0.15, 0.2) is 0 Å². The van der Waals surface area contributed by atoms with Crippen LogP contribution in [0.5, 0.6) is 5.75 Å². The topological polar surface area (TPSA) is 105 Å². The maximum absolute atomic E-state index is 9.72. The van der Waals surface area contributed by atoms with Crippen molar-refractivity contribution in [2.45, 2.75) is 26.4 Å². The molecule has 6 heteroatoms. The van der Waals surface area contributed by atoms with E-state index in [0.29, 0.717) is 18.8 Å². The summed E-state index contributed by atoms with van der Waals surface area (Å²) in [6.45, 7) is 3.95. The standard InChI is InChI=1S/C13H17N3O3/c1-7-5-9(6-8(2)11(7)18)12-15-13(19-16-12)10(17)3-4-14/h5-6,10,17-18H,3-4,14H2,1-2H3/t10-/m0/s1. The van der Waals surface area contributed by atoms with Crippen molar-refractivity contribution in [3.05, 3.63) is 29.2 Å². The Labute approximate surface area is 110 Å². The van der Waals surface area contributed by atoms with Gasteiger partial charge in [0.25, 0.3) is 5.89 Å². The fraction of sp³-hybridized carbons (Fsp3) is 0.385. The Morgan fingerprint density at radius 1 is 1.32 bits per heavy atom. The minimum Gasteiger partial charge on any atom is -0.507 e. The van der Waals surface area contributed by atoms with E-state index in [4.69, 9.17) is 10.3 Å². The van der Waals surface area contributed by atoms with Crippen molar-refractivity contribution >= 4 is 0 Å². The summed E-state index contributed by atoms with van der Waals surface area (Å²) in [5.74, 6) is 0.803. The van der Waals surface area contributed by atoms with Gasteiger partial charge >= 0.3 is 0 Å². The number of phenols is 1. The molecule has 2 aromatic rings. The molecule has 1 aromatic carbocycles. The molecule has 0 unspecified atom stereocenters. The highest BCUT2D eigenvalue weighted by Gasteiger charge is 2.17. The van der Waals surface area contributed by atoms with Gasteiger partial charge in [-0.15, -0.1) is 0 Å². The van der Waals surface area contributed by atoms with Crippen LogP contribution in [0, 0.1) is 13.8 Å². The number of nitrogens with two attached hydrogens (primary N) is 1. The molecular weight excluding hydrogens is 246 g/mol. The molecule has 0 amide bonds. The molecule has 0 aliphatic rings. The average Bonchev–Trinajstić information content (AvgIpc) is 2.85. The Balaban J connectivity index is 2.33. The van der Waals surface area contributed by atoms with Crippen molar-refractivity contribution < 1.29 is 14.7 Å². The van der Waals surface area contributed by atoms with Crippen LogP contribution in [0.1, 0.15) is 29.5 Å². The number of aromatic hydroxyl groups is 1. The second-order valence-corrected chi connectivity index (χ2v) is 4.51. The first-order valence-electron chi connectivity index (χ1n) is 6.05. The number of hydrogen-bond acceptors (Lipinski definition) is 6. The normalized spacial score (nSPS) is 12.6. The van der Waals surface area contributed by atoms with E-state index >= 15 is 0 Å². The third kappa shape index (κ3) is 2.74. The van der Waals surface area contributed by atoms with Crippen LogP contribution in [0.25, 0.3) is 11.4 Å². The van der Waals surface area contributed by atoms with Crippen LogP contribution in [0.4, 0.5) is 0 Å². The molecule has 2 rings (SSSR count). The maximum Gasteiger partial charge on any atom is 0.255 e. The molecule has 0 aliphatic heterocycles. The number of aliphatic hydroxyl groups excluding tert-OH is 1. The van der Waals surface area contributed by atoms with Crippen LogP contribution < -0.4 is 5.73 Å². The van der Waals surface area contributed by atoms with E-state index in [0.717, 1.165) is 16.7 Å².